The summed E-state index contributed by atoms with van der Waals surface area (Å²) in [6.07, 6.45) is 3.15. The Morgan fingerprint density at radius 3 is 2.71 bits per heavy atom. The molecule has 2 bridgehead atoms. The molecule has 1 heterocycles. The molecule has 98 valence electrons. The molecule has 0 radical (unpaired) electrons. The van der Waals surface area contributed by atoms with Gasteiger partial charge in [0.2, 0.25) is 0 Å². The Hall–Kier alpha value is -0.770. The first-order valence-corrected chi connectivity index (χ1v) is 6.48. The highest BCUT2D eigenvalue weighted by Crippen LogP contribution is 2.51. The summed E-state index contributed by atoms with van der Waals surface area (Å²) < 4.78 is 5.48. The minimum absolute atomic E-state index is 0.149. The number of ether oxygens (including phenoxy) is 1. The van der Waals surface area contributed by atoms with E-state index >= 15 is 0 Å². The van der Waals surface area contributed by atoms with Crippen LogP contribution in [0.1, 0.15) is 47.0 Å². The predicted octanol–water partition coefficient (Wildman–Crippen LogP) is 2.12. The Morgan fingerprint density at radius 2 is 2.18 bits per heavy atom. The Labute approximate surface area is 103 Å². The van der Waals surface area contributed by atoms with Crippen molar-refractivity contribution in [2.45, 2.75) is 64.6 Å². The van der Waals surface area contributed by atoms with E-state index in [9.17, 15) is 4.79 Å². The molecule has 2 rings (SSSR count). The van der Waals surface area contributed by atoms with Gasteiger partial charge in [-0.3, -0.25) is 0 Å². The van der Waals surface area contributed by atoms with Crippen molar-refractivity contribution in [1.82, 2.24) is 4.90 Å². The molecule has 0 unspecified atom stereocenters. The number of piperidine rings is 1. The average Bonchev–Trinajstić information content (AvgIpc) is 2.66. The first-order chi connectivity index (χ1) is 7.77. The molecule has 0 aromatic heterocycles. The molecule has 2 aliphatic rings. The van der Waals surface area contributed by atoms with Gasteiger partial charge in [0.05, 0.1) is 6.04 Å². The highest BCUT2D eigenvalue weighted by Gasteiger charge is 2.55. The molecular weight excluding hydrogens is 216 g/mol. The van der Waals surface area contributed by atoms with Crippen LogP contribution < -0.4 is 5.73 Å². The molecule has 3 atom stereocenters. The summed E-state index contributed by atoms with van der Waals surface area (Å²) in [4.78, 5) is 14.1. The third-order valence-corrected chi connectivity index (χ3v) is 4.11. The van der Waals surface area contributed by atoms with Crippen molar-refractivity contribution in [2.75, 3.05) is 6.54 Å². The molecule has 0 aromatic carbocycles. The summed E-state index contributed by atoms with van der Waals surface area (Å²) in [6, 6.07) is 0.486. The number of nitrogens with zero attached hydrogens (tertiary/aromatic N) is 1. The van der Waals surface area contributed by atoms with Crippen molar-refractivity contribution < 1.29 is 9.53 Å². The highest BCUT2D eigenvalue weighted by molar-refractivity contribution is 5.70. The van der Waals surface area contributed by atoms with Crippen molar-refractivity contribution in [3.05, 3.63) is 0 Å². The predicted molar refractivity (Wildman–Crippen MR) is 66.7 cm³/mol. The molecule has 2 fully saturated rings. The highest BCUT2D eigenvalue weighted by atomic mass is 16.6. The SMILES string of the molecule is CC(C)(C)OC(=O)N1[C@H]2CC[C@](C)(C2)[C@@H]1CN. The summed E-state index contributed by atoms with van der Waals surface area (Å²) in [5, 5.41) is 0. The van der Waals surface area contributed by atoms with Gasteiger partial charge < -0.3 is 15.4 Å². The Kier molecular flexibility index (Phi) is 2.89. The van der Waals surface area contributed by atoms with Crippen molar-refractivity contribution >= 4 is 6.09 Å². The number of amides is 1. The smallest absolute Gasteiger partial charge is 0.410 e. The van der Waals surface area contributed by atoms with Gasteiger partial charge in [-0.25, -0.2) is 4.79 Å². The molecule has 1 saturated carbocycles. The van der Waals surface area contributed by atoms with Gasteiger partial charge in [-0.15, -0.1) is 0 Å². The van der Waals surface area contributed by atoms with E-state index in [0.717, 1.165) is 12.8 Å². The number of fused-ring (bicyclic) bond motifs is 2. The van der Waals surface area contributed by atoms with Crippen LogP contribution in [0.5, 0.6) is 0 Å². The topological polar surface area (TPSA) is 55.6 Å². The quantitative estimate of drug-likeness (QED) is 0.764. The molecule has 0 spiro atoms. The summed E-state index contributed by atoms with van der Waals surface area (Å²) in [5.74, 6) is 0. The monoisotopic (exact) mass is 240 g/mol. The maximum Gasteiger partial charge on any atom is 0.410 e. The minimum Gasteiger partial charge on any atom is -0.444 e. The molecule has 17 heavy (non-hydrogen) atoms. The van der Waals surface area contributed by atoms with E-state index in [-0.39, 0.29) is 17.6 Å². The van der Waals surface area contributed by atoms with Gasteiger partial charge in [0.25, 0.3) is 0 Å². The normalized spacial score (nSPS) is 36.4. The third kappa shape index (κ3) is 2.15. The van der Waals surface area contributed by atoms with Gasteiger partial charge in [0.1, 0.15) is 5.60 Å². The Balaban J connectivity index is 2.13. The first-order valence-electron chi connectivity index (χ1n) is 6.48. The van der Waals surface area contributed by atoms with Crippen LogP contribution in [0.3, 0.4) is 0 Å². The fraction of sp³-hybridized carbons (Fsp3) is 0.923. The second-order valence-electron chi connectivity index (χ2n) is 6.69. The molecule has 1 aliphatic heterocycles. The summed E-state index contributed by atoms with van der Waals surface area (Å²) in [7, 11) is 0. The number of carbonyl (C=O) groups excluding carboxylic acids is 1. The second kappa shape index (κ2) is 3.87. The zero-order chi connectivity index (χ0) is 12.8. The van der Waals surface area contributed by atoms with E-state index in [2.05, 4.69) is 6.92 Å². The fourth-order valence-corrected chi connectivity index (χ4v) is 3.36. The average molecular weight is 240 g/mol. The van der Waals surface area contributed by atoms with E-state index < -0.39 is 5.60 Å². The van der Waals surface area contributed by atoms with E-state index in [1.807, 2.05) is 25.7 Å². The standard InChI is InChI=1S/C13H24N2O2/c1-12(2,3)17-11(16)15-9-5-6-13(4,7-9)10(15)8-14/h9-10H,5-8,14H2,1-4H3/t9-,10-,13+/m0/s1. The largest absolute Gasteiger partial charge is 0.444 e. The van der Waals surface area contributed by atoms with Crippen LogP contribution in [0.2, 0.25) is 0 Å². The molecule has 1 aliphatic carbocycles. The van der Waals surface area contributed by atoms with Crippen LogP contribution >= 0.6 is 0 Å². The number of nitrogens with two attached hydrogens (primary N) is 1. The zero-order valence-corrected chi connectivity index (χ0v) is 11.3. The molecule has 1 amide bonds. The lowest BCUT2D eigenvalue weighted by Crippen LogP contribution is -2.52. The lowest BCUT2D eigenvalue weighted by Gasteiger charge is -2.39. The maximum atomic E-state index is 12.2. The number of hydrogen-bond acceptors (Lipinski definition) is 3. The fourth-order valence-electron chi connectivity index (χ4n) is 3.36. The van der Waals surface area contributed by atoms with E-state index in [1.54, 1.807) is 0 Å². The van der Waals surface area contributed by atoms with Gasteiger partial charge in [-0.05, 0) is 45.4 Å². The number of rotatable bonds is 1. The Bertz CT molecular complexity index is 324. The van der Waals surface area contributed by atoms with E-state index in [4.69, 9.17) is 10.5 Å². The summed E-state index contributed by atoms with van der Waals surface area (Å²) in [6.45, 7) is 8.48. The van der Waals surface area contributed by atoms with Crippen molar-refractivity contribution in [3.63, 3.8) is 0 Å². The van der Waals surface area contributed by atoms with Crippen LogP contribution in [0, 0.1) is 5.41 Å². The summed E-state index contributed by atoms with van der Waals surface area (Å²) >= 11 is 0. The van der Waals surface area contributed by atoms with Crippen LogP contribution in [0.15, 0.2) is 0 Å². The van der Waals surface area contributed by atoms with Crippen molar-refractivity contribution in [3.8, 4) is 0 Å². The van der Waals surface area contributed by atoms with Gasteiger partial charge in [-0.2, -0.15) is 0 Å². The number of hydrogen-bond donors (Lipinski definition) is 1. The van der Waals surface area contributed by atoms with Crippen molar-refractivity contribution in [2.24, 2.45) is 11.1 Å². The lowest BCUT2D eigenvalue weighted by molar-refractivity contribution is 0.00252. The molecule has 0 aromatic rings. The molecular formula is C13H24N2O2. The van der Waals surface area contributed by atoms with Crippen LogP contribution in [0.4, 0.5) is 4.79 Å². The molecule has 2 N–H and O–H groups in total. The van der Waals surface area contributed by atoms with E-state index in [1.165, 1.54) is 6.42 Å². The number of carbonyl (C=O) groups is 1. The van der Waals surface area contributed by atoms with Gasteiger partial charge in [-0.1, -0.05) is 6.92 Å². The molecule has 4 nitrogen and oxygen atoms in total. The lowest BCUT2D eigenvalue weighted by atomic mass is 9.82. The van der Waals surface area contributed by atoms with Crippen LogP contribution in [0.25, 0.3) is 0 Å². The van der Waals surface area contributed by atoms with Gasteiger partial charge >= 0.3 is 6.09 Å². The van der Waals surface area contributed by atoms with Crippen molar-refractivity contribution in [1.29, 1.82) is 0 Å². The van der Waals surface area contributed by atoms with Gasteiger partial charge in [0.15, 0.2) is 0 Å². The van der Waals surface area contributed by atoms with E-state index in [0.29, 0.717) is 12.6 Å². The van der Waals surface area contributed by atoms with Gasteiger partial charge in [0, 0.05) is 12.6 Å². The zero-order valence-electron chi connectivity index (χ0n) is 11.3. The molecule has 1 saturated heterocycles. The second-order valence-corrected chi connectivity index (χ2v) is 6.69. The first kappa shape index (κ1) is 12.7. The minimum atomic E-state index is -0.432. The molecule has 4 heteroatoms. The third-order valence-electron chi connectivity index (χ3n) is 4.11. The number of likely N-dealkylation sites (tertiary alicyclic amines) is 1. The Morgan fingerprint density at radius 1 is 1.53 bits per heavy atom. The van der Waals surface area contributed by atoms with Crippen LogP contribution in [-0.4, -0.2) is 35.2 Å². The van der Waals surface area contributed by atoms with Crippen LogP contribution in [-0.2, 0) is 4.74 Å². The summed E-state index contributed by atoms with van der Waals surface area (Å²) in [5.41, 5.74) is 5.62. The maximum absolute atomic E-state index is 12.2.